The van der Waals surface area contributed by atoms with E-state index in [2.05, 4.69) is 25.5 Å². The Balaban J connectivity index is 1.35. The van der Waals surface area contributed by atoms with E-state index in [4.69, 9.17) is 4.74 Å². The third-order valence-electron chi connectivity index (χ3n) is 4.89. The highest BCUT2D eigenvalue weighted by Gasteiger charge is 2.18. The molecule has 0 saturated heterocycles. The zero-order valence-corrected chi connectivity index (χ0v) is 18.4. The molecular formula is C23H17FN6O2S. The molecule has 2 aromatic carbocycles. The number of hydrogen-bond acceptors (Lipinski definition) is 7. The first-order chi connectivity index (χ1) is 16.0. The van der Waals surface area contributed by atoms with Gasteiger partial charge in [-0.1, -0.05) is 30.3 Å². The molecule has 5 rings (SSSR count). The van der Waals surface area contributed by atoms with Crippen LogP contribution in [0.1, 0.15) is 21.2 Å². The van der Waals surface area contributed by atoms with Gasteiger partial charge in [0.2, 0.25) is 5.65 Å². The van der Waals surface area contributed by atoms with E-state index in [9.17, 15) is 9.18 Å². The molecular weight excluding hydrogens is 443 g/mol. The summed E-state index contributed by atoms with van der Waals surface area (Å²) in [6.07, 6.45) is 3.21. The van der Waals surface area contributed by atoms with Gasteiger partial charge in [0.25, 0.3) is 11.8 Å². The molecule has 5 aromatic rings. The molecule has 1 N–H and O–H groups in total. The minimum absolute atomic E-state index is 0.0467. The average molecular weight is 460 g/mol. The van der Waals surface area contributed by atoms with Crippen molar-refractivity contribution in [3.8, 4) is 22.2 Å². The van der Waals surface area contributed by atoms with Gasteiger partial charge in [-0.05, 0) is 26.0 Å². The van der Waals surface area contributed by atoms with Crippen molar-refractivity contribution in [1.82, 2.24) is 24.6 Å². The molecule has 1 amide bonds. The highest BCUT2D eigenvalue weighted by atomic mass is 32.1. The summed E-state index contributed by atoms with van der Waals surface area (Å²) >= 11 is 1.29. The van der Waals surface area contributed by atoms with E-state index in [0.717, 1.165) is 10.6 Å². The van der Waals surface area contributed by atoms with Gasteiger partial charge >= 0.3 is 0 Å². The van der Waals surface area contributed by atoms with Gasteiger partial charge in [0.05, 0.1) is 5.69 Å². The summed E-state index contributed by atoms with van der Waals surface area (Å²) in [4.78, 5) is 21.9. The normalized spacial score (nSPS) is 11.0. The Hall–Kier alpha value is -4.18. The first-order valence-corrected chi connectivity index (χ1v) is 10.8. The number of hydrogen-bond donors (Lipinski definition) is 1. The first kappa shape index (κ1) is 20.7. The number of ether oxygens (including phenoxy) is 1. The van der Waals surface area contributed by atoms with Crippen LogP contribution in [-0.4, -0.2) is 30.5 Å². The Labute approximate surface area is 191 Å². The third kappa shape index (κ3) is 4.03. The van der Waals surface area contributed by atoms with E-state index in [1.54, 1.807) is 30.5 Å². The Morgan fingerprint density at radius 2 is 1.94 bits per heavy atom. The molecule has 0 fully saturated rings. The first-order valence-electron chi connectivity index (χ1n) is 9.97. The minimum Gasteiger partial charge on any atom is -0.433 e. The van der Waals surface area contributed by atoms with E-state index < -0.39 is 5.82 Å². The number of benzene rings is 2. The van der Waals surface area contributed by atoms with E-state index in [1.807, 2.05) is 30.3 Å². The molecule has 10 heteroatoms. The number of fused-ring (bicyclic) bond motifs is 1. The lowest BCUT2D eigenvalue weighted by atomic mass is 10.2. The van der Waals surface area contributed by atoms with Crippen LogP contribution >= 0.6 is 11.3 Å². The van der Waals surface area contributed by atoms with E-state index in [1.165, 1.54) is 29.7 Å². The number of nitrogens with zero attached hydrogens (tertiary/aromatic N) is 5. The third-order valence-corrected chi connectivity index (χ3v) is 6.09. The van der Waals surface area contributed by atoms with Crippen molar-refractivity contribution in [3.05, 3.63) is 83.1 Å². The number of carbonyl (C=O) groups excluding carboxylic acids is 1. The molecule has 0 aliphatic heterocycles. The van der Waals surface area contributed by atoms with Gasteiger partial charge in [-0.15, -0.1) is 21.5 Å². The van der Waals surface area contributed by atoms with Crippen LogP contribution in [0, 0.1) is 19.7 Å². The molecule has 0 spiro atoms. The fraction of sp³-hybridized carbons (Fsp3) is 0.0870. The summed E-state index contributed by atoms with van der Waals surface area (Å²) in [5.41, 5.74) is 2.22. The molecule has 0 aliphatic carbocycles. The number of aromatic nitrogens is 5. The van der Waals surface area contributed by atoms with Crippen LogP contribution in [0.4, 0.5) is 10.1 Å². The number of carbonyl (C=O) groups is 1. The minimum atomic E-state index is -0.654. The number of thiazole rings is 1. The van der Waals surface area contributed by atoms with Crippen LogP contribution in [0.2, 0.25) is 0 Å². The summed E-state index contributed by atoms with van der Waals surface area (Å²) in [5.74, 6) is -0.272. The highest BCUT2D eigenvalue weighted by Crippen LogP contribution is 2.30. The SMILES string of the molecule is Cc1nc(-c2ccccc2)sc1C(=O)Nc1ccc(Oc2nccn3c(C)nnc23)c(F)c1. The number of nitrogens with one attached hydrogen (secondary N) is 1. The summed E-state index contributed by atoms with van der Waals surface area (Å²) in [6.45, 7) is 3.56. The molecule has 33 heavy (non-hydrogen) atoms. The number of amides is 1. The predicted octanol–water partition coefficient (Wildman–Crippen LogP) is 5.05. The maximum absolute atomic E-state index is 14.7. The summed E-state index contributed by atoms with van der Waals surface area (Å²) < 4.78 is 22.1. The van der Waals surface area contributed by atoms with Crippen LogP contribution in [0.5, 0.6) is 11.6 Å². The number of halogens is 1. The molecule has 0 bridgehead atoms. The van der Waals surface area contributed by atoms with Crippen molar-refractivity contribution in [2.45, 2.75) is 13.8 Å². The molecule has 0 aliphatic rings. The van der Waals surface area contributed by atoms with E-state index >= 15 is 0 Å². The molecule has 0 unspecified atom stereocenters. The van der Waals surface area contributed by atoms with Gasteiger partial charge in [-0.2, -0.15) is 0 Å². The zero-order chi connectivity index (χ0) is 22.9. The van der Waals surface area contributed by atoms with Crippen molar-refractivity contribution in [2.75, 3.05) is 5.32 Å². The van der Waals surface area contributed by atoms with Gasteiger partial charge in [0, 0.05) is 29.7 Å². The Morgan fingerprint density at radius 3 is 2.73 bits per heavy atom. The van der Waals surface area contributed by atoms with Crippen molar-refractivity contribution in [2.24, 2.45) is 0 Å². The summed E-state index contributed by atoms with van der Waals surface area (Å²) in [7, 11) is 0. The van der Waals surface area contributed by atoms with Gasteiger partial charge in [0.1, 0.15) is 15.7 Å². The van der Waals surface area contributed by atoms with Gasteiger partial charge in [0.15, 0.2) is 11.6 Å². The number of anilines is 1. The second-order valence-electron chi connectivity index (χ2n) is 7.17. The van der Waals surface area contributed by atoms with Crippen LogP contribution in [0.3, 0.4) is 0 Å². The second kappa shape index (κ2) is 8.40. The standard InChI is InChI=1S/C23H17FN6O2S/c1-13-19(33-23(26-13)15-6-4-3-5-7-15)21(31)27-16-8-9-18(17(24)12-16)32-22-20-29-28-14(2)30(20)11-10-25-22/h3-12H,1-2H3,(H,27,31). The Kier molecular flexibility index (Phi) is 5.27. The zero-order valence-electron chi connectivity index (χ0n) is 17.6. The van der Waals surface area contributed by atoms with Crippen molar-refractivity contribution < 1.29 is 13.9 Å². The van der Waals surface area contributed by atoms with Crippen molar-refractivity contribution in [3.63, 3.8) is 0 Å². The highest BCUT2D eigenvalue weighted by molar-refractivity contribution is 7.17. The molecule has 8 nitrogen and oxygen atoms in total. The van der Waals surface area contributed by atoms with E-state index in [-0.39, 0.29) is 17.5 Å². The van der Waals surface area contributed by atoms with Crippen molar-refractivity contribution >= 4 is 28.6 Å². The number of aryl methyl sites for hydroxylation is 2. The largest absolute Gasteiger partial charge is 0.433 e. The predicted molar refractivity (Wildman–Crippen MR) is 122 cm³/mol. The second-order valence-corrected chi connectivity index (χ2v) is 8.17. The molecule has 0 radical (unpaired) electrons. The van der Waals surface area contributed by atoms with E-state index in [0.29, 0.717) is 27.7 Å². The maximum atomic E-state index is 14.7. The van der Waals surface area contributed by atoms with Crippen LogP contribution in [0.25, 0.3) is 16.2 Å². The molecule has 0 saturated carbocycles. The number of rotatable bonds is 5. The van der Waals surface area contributed by atoms with Crippen LogP contribution in [0.15, 0.2) is 60.9 Å². The quantitative estimate of drug-likeness (QED) is 0.395. The fourth-order valence-electron chi connectivity index (χ4n) is 3.26. The van der Waals surface area contributed by atoms with Crippen LogP contribution in [-0.2, 0) is 0 Å². The van der Waals surface area contributed by atoms with Gasteiger partial charge in [-0.25, -0.2) is 14.4 Å². The molecule has 0 atom stereocenters. The van der Waals surface area contributed by atoms with Gasteiger partial charge < -0.3 is 10.1 Å². The lowest BCUT2D eigenvalue weighted by molar-refractivity contribution is 0.103. The monoisotopic (exact) mass is 460 g/mol. The van der Waals surface area contributed by atoms with Gasteiger partial charge in [-0.3, -0.25) is 9.20 Å². The molecule has 164 valence electrons. The molecule has 3 heterocycles. The molecule has 3 aromatic heterocycles. The topological polar surface area (TPSA) is 94.3 Å². The smallest absolute Gasteiger partial charge is 0.267 e. The summed E-state index contributed by atoms with van der Waals surface area (Å²) in [6, 6.07) is 13.8. The van der Waals surface area contributed by atoms with Crippen molar-refractivity contribution in [1.29, 1.82) is 0 Å². The fourth-order valence-corrected chi connectivity index (χ4v) is 4.22. The van der Waals surface area contributed by atoms with Crippen LogP contribution < -0.4 is 10.1 Å². The Bertz CT molecular complexity index is 1480. The average Bonchev–Trinajstić information content (AvgIpc) is 3.40. The maximum Gasteiger partial charge on any atom is 0.267 e. The lowest BCUT2D eigenvalue weighted by Crippen LogP contribution is -2.11. The lowest BCUT2D eigenvalue weighted by Gasteiger charge is -2.09. The Morgan fingerprint density at radius 1 is 1.12 bits per heavy atom. The summed E-state index contributed by atoms with van der Waals surface area (Å²) in [5, 5.41) is 11.5.